The lowest BCUT2D eigenvalue weighted by Crippen LogP contribution is -2.42. The van der Waals surface area contributed by atoms with Gasteiger partial charge < -0.3 is 10.4 Å². The quantitative estimate of drug-likeness (QED) is 0.759. The van der Waals surface area contributed by atoms with Gasteiger partial charge in [0.2, 0.25) is 0 Å². The van der Waals surface area contributed by atoms with Crippen LogP contribution in [0.25, 0.3) is 0 Å². The van der Waals surface area contributed by atoms with E-state index in [9.17, 15) is 9.59 Å². The third-order valence-electron chi connectivity index (χ3n) is 2.03. The Hall–Kier alpha value is -2.35. The average Bonchev–Trinajstić information content (AvgIpc) is 2.28. The Morgan fingerprint density at radius 2 is 2.12 bits per heavy atom. The number of carbonyl (C=O) groups excluding carboxylic acids is 1. The summed E-state index contributed by atoms with van der Waals surface area (Å²) in [6.45, 7) is 3.35. The van der Waals surface area contributed by atoms with E-state index in [-0.39, 0.29) is 11.3 Å². The Balaban J connectivity index is 2.85. The Morgan fingerprint density at radius 3 is 2.53 bits per heavy atom. The highest BCUT2D eigenvalue weighted by Crippen LogP contribution is 2.04. The van der Waals surface area contributed by atoms with Gasteiger partial charge >= 0.3 is 5.97 Å². The first-order valence-electron chi connectivity index (χ1n) is 4.85. The van der Waals surface area contributed by atoms with Crippen LogP contribution in [0.3, 0.4) is 0 Å². The molecule has 0 atom stereocenters. The molecular formula is C12H12N2O3. The number of aromatic nitrogens is 1. The van der Waals surface area contributed by atoms with E-state index >= 15 is 0 Å². The summed E-state index contributed by atoms with van der Waals surface area (Å²) >= 11 is 0. The van der Waals surface area contributed by atoms with Crippen molar-refractivity contribution in [2.24, 2.45) is 0 Å². The van der Waals surface area contributed by atoms with E-state index in [0.717, 1.165) is 6.20 Å². The van der Waals surface area contributed by atoms with E-state index in [1.54, 1.807) is 13.8 Å². The predicted octanol–water partition coefficient (Wildman–Crippen LogP) is 0.921. The number of rotatable bonds is 3. The fraction of sp³-hybridized carbons (Fsp3) is 0.250. The van der Waals surface area contributed by atoms with Crippen LogP contribution >= 0.6 is 0 Å². The smallest absolute Gasteiger partial charge is 0.337 e. The first kappa shape index (κ1) is 12.7. The number of nitrogens with zero attached hydrogens (tertiary/aromatic N) is 1. The lowest BCUT2D eigenvalue weighted by molar-refractivity contribution is 0.0695. The number of carbonyl (C=O) groups is 2. The predicted molar refractivity (Wildman–Crippen MR) is 61.6 cm³/mol. The van der Waals surface area contributed by atoms with E-state index in [1.807, 2.05) is 0 Å². The van der Waals surface area contributed by atoms with Gasteiger partial charge in [0.1, 0.15) is 5.69 Å². The molecule has 1 aromatic heterocycles. The van der Waals surface area contributed by atoms with Gasteiger partial charge in [-0.15, -0.1) is 6.42 Å². The molecule has 17 heavy (non-hydrogen) atoms. The second-order valence-corrected chi connectivity index (χ2v) is 3.96. The maximum atomic E-state index is 11.7. The largest absolute Gasteiger partial charge is 0.478 e. The summed E-state index contributed by atoms with van der Waals surface area (Å²) in [4.78, 5) is 26.0. The second-order valence-electron chi connectivity index (χ2n) is 3.96. The fourth-order valence-corrected chi connectivity index (χ4v) is 1.04. The normalized spacial score (nSPS) is 10.4. The van der Waals surface area contributed by atoms with Crippen LogP contribution in [0, 0.1) is 12.3 Å². The molecule has 0 saturated carbocycles. The van der Waals surface area contributed by atoms with Gasteiger partial charge in [0.05, 0.1) is 11.1 Å². The van der Waals surface area contributed by atoms with Gasteiger partial charge in [0.15, 0.2) is 0 Å². The van der Waals surface area contributed by atoms with Crippen LogP contribution in [0.2, 0.25) is 0 Å². The van der Waals surface area contributed by atoms with E-state index in [2.05, 4.69) is 16.2 Å². The first-order valence-corrected chi connectivity index (χ1v) is 4.85. The zero-order valence-corrected chi connectivity index (χ0v) is 9.52. The molecule has 1 amide bonds. The molecule has 0 aliphatic heterocycles. The summed E-state index contributed by atoms with van der Waals surface area (Å²) < 4.78 is 0. The molecule has 0 aliphatic carbocycles. The van der Waals surface area contributed by atoms with Crippen molar-refractivity contribution < 1.29 is 14.7 Å². The monoisotopic (exact) mass is 232 g/mol. The van der Waals surface area contributed by atoms with Crippen LogP contribution in [-0.4, -0.2) is 27.5 Å². The van der Waals surface area contributed by atoms with Crippen LogP contribution in [0.15, 0.2) is 18.3 Å². The van der Waals surface area contributed by atoms with Crippen molar-refractivity contribution in [2.45, 2.75) is 19.4 Å². The van der Waals surface area contributed by atoms with E-state index < -0.39 is 17.4 Å². The first-order chi connectivity index (χ1) is 7.85. The third kappa shape index (κ3) is 3.31. The lowest BCUT2D eigenvalue weighted by Gasteiger charge is -2.18. The molecule has 5 nitrogen and oxygen atoms in total. The molecule has 0 unspecified atom stereocenters. The number of aromatic carboxylic acids is 1. The molecule has 1 rings (SSSR count). The van der Waals surface area contributed by atoms with E-state index in [4.69, 9.17) is 11.5 Å². The van der Waals surface area contributed by atoms with E-state index in [1.165, 1.54) is 12.1 Å². The molecule has 0 spiro atoms. The van der Waals surface area contributed by atoms with Crippen molar-refractivity contribution in [1.29, 1.82) is 0 Å². The number of nitrogens with one attached hydrogen (secondary N) is 1. The minimum absolute atomic E-state index is 0.0257. The Morgan fingerprint density at radius 1 is 1.47 bits per heavy atom. The van der Waals surface area contributed by atoms with E-state index in [0.29, 0.717) is 0 Å². The fourth-order valence-electron chi connectivity index (χ4n) is 1.04. The SMILES string of the molecule is C#CC(C)(C)NC(=O)c1ccc(C(=O)O)cn1. The van der Waals surface area contributed by atoms with Gasteiger partial charge in [0.25, 0.3) is 5.91 Å². The number of hydrogen-bond donors (Lipinski definition) is 2. The molecule has 88 valence electrons. The zero-order valence-electron chi connectivity index (χ0n) is 9.52. The number of amides is 1. The summed E-state index contributed by atoms with van der Waals surface area (Å²) in [6.07, 6.45) is 6.36. The molecule has 5 heteroatoms. The maximum absolute atomic E-state index is 11.7. The molecule has 0 bridgehead atoms. The molecule has 1 heterocycles. The molecule has 1 aromatic rings. The highest BCUT2D eigenvalue weighted by Gasteiger charge is 2.19. The van der Waals surface area contributed by atoms with Crippen molar-refractivity contribution in [2.75, 3.05) is 0 Å². The van der Waals surface area contributed by atoms with Crippen LogP contribution in [-0.2, 0) is 0 Å². The topological polar surface area (TPSA) is 79.3 Å². The summed E-state index contributed by atoms with van der Waals surface area (Å²) in [5, 5.41) is 11.3. The van der Waals surface area contributed by atoms with Crippen molar-refractivity contribution in [3.8, 4) is 12.3 Å². The van der Waals surface area contributed by atoms with Crippen molar-refractivity contribution in [1.82, 2.24) is 10.3 Å². The van der Waals surface area contributed by atoms with Gasteiger partial charge in [-0.25, -0.2) is 4.79 Å². The van der Waals surface area contributed by atoms with Crippen LogP contribution in [0.1, 0.15) is 34.7 Å². The number of carboxylic acids is 1. The van der Waals surface area contributed by atoms with Gasteiger partial charge in [-0.3, -0.25) is 9.78 Å². The van der Waals surface area contributed by atoms with Gasteiger partial charge in [0, 0.05) is 6.20 Å². The van der Waals surface area contributed by atoms with Crippen molar-refractivity contribution >= 4 is 11.9 Å². The summed E-state index contributed by atoms with van der Waals surface area (Å²) in [7, 11) is 0. The van der Waals surface area contributed by atoms with Crippen LogP contribution < -0.4 is 5.32 Å². The molecule has 0 fully saturated rings. The number of terminal acetylenes is 1. The maximum Gasteiger partial charge on any atom is 0.337 e. The van der Waals surface area contributed by atoms with Gasteiger partial charge in [-0.2, -0.15) is 0 Å². The lowest BCUT2D eigenvalue weighted by atomic mass is 10.1. The molecule has 0 saturated heterocycles. The number of carboxylic acid groups (broad SMARTS) is 1. The molecule has 2 N–H and O–H groups in total. The zero-order chi connectivity index (χ0) is 13.1. The van der Waals surface area contributed by atoms with Crippen LogP contribution in [0.5, 0.6) is 0 Å². The Bertz CT molecular complexity index is 483. The molecular weight excluding hydrogens is 220 g/mol. The highest BCUT2D eigenvalue weighted by atomic mass is 16.4. The second kappa shape index (κ2) is 4.66. The average molecular weight is 232 g/mol. The molecule has 0 aliphatic rings. The summed E-state index contributed by atoms with van der Waals surface area (Å²) in [5.74, 6) is 0.888. The Kier molecular flexibility index (Phi) is 3.49. The minimum atomic E-state index is -1.09. The van der Waals surface area contributed by atoms with Gasteiger partial charge in [-0.1, -0.05) is 5.92 Å². The van der Waals surface area contributed by atoms with Crippen molar-refractivity contribution in [3.63, 3.8) is 0 Å². The number of hydrogen-bond acceptors (Lipinski definition) is 3. The third-order valence-corrected chi connectivity index (χ3v) is 2.03. The minimum Gasteiger partial charge on any atom is -0.478 e. The highest BCUT2D eigenvalue weighted by molar-refractivity contribution is 5.94. The molecule has 0 radical (unpaired) electrons. The van der Waals surface area contributed by atoms with Crippen molar-refractivity contribution in [3.05, 3.63) is 29.6 Å². The Labute approximate surface area is 98.9 Å². The van der Waals surface area contributed by atoms with Crippen LogP contribution in [0.4, 0.5) is 0 Å². The summed E-state index contributed by atoms with van der Waals surface area (Å²) in [5.41, 5.74) is -0.624. The molecule has 0 aromatic carbocycles. The summed E-state index contributed by atoms with van der Waals surface area (Å²) in [6, 6.07) is 2.65. The number of pyridine rings is 1. The standard InChI is InChI=1S/C12H12N2O3/c1-4-12(2,3)14-10(15)9-6-5-8(7-13-9)11(16)17/h1,5-7H,2-3H3,(H,14,15)(H,16,17). The van der Waals surface area contributed by atoms with Gasteiger partial charge in [-0.05, 0) is 26.0 Å².